The van der Waals surface area contributed by atoms with Crippen LogP contribution in [-0.4, -0.2) is 4.98 Å². The molecule has 18 heavy (non-hydrogen) atoms. The van der Waals surface area contributed by atoms with E-state index >= 15 is 0 Å². The lowest BCUT2D eigenvalue weighted by Crippen LogP contribution is -2.06. The molecular weight excluding hydrogens is 238 g/mol. The molecule has 3 nitrogen and oxygen atoms in total. The maximum Gasteiger partial charge on any atom is 0.201 e. The molecule has 0 spiro atoms. The number of pyridine rings is 1. The van der Waals surface area contributed by atoms with Crippen LogP contribution in [0.1, 0.15) is 18.7 Å². The summed E-state index contributed by atoms with van der Waals surface area (Å²) < 4.78 is 31.5. The van der Waals surface area contributed by atoms with Gasteiger partial charge < -0.3 is 10.5 Å². The van der Waals surface area contributed by atoms with Crippen molar-refractivity contribution in [2.45, 2.75) is 13.0 Å². The number of ether oxygens (including phenoxy) is 1. The van der Waals surface area contributed by atoms with E-state index in [1.54, 1.807) is 19.1 Å². The monoisotopic (exact) mass is 250 g/mol. The highest BCUT2D eigenvalue weighted by Crippen LogP contribution is 2.25. The van der Waals surface area contributed by atoms with E-state index in [0.717, 1.165) is 6.07 Å². The van der Waals surface area contributed by atoms with Crippen LogP contribution in [0.5, 0.6) is 11.5 Å². The molecule has 2 N–H and O–H groups in total. The summed E-state index contributed by atoms with van der Waals surface area (Å²) in [6.07, 6.45) is 1.42. The van der Waals surface area contributed by atoms with Crippen LogP contribution in [-0.2, 0) is 0 Å². The Morgan fingerprint density at radius 2 is 2.00 bits per heavy atom. The minimum Gasteiger partial charge on any atom is -0.453 e. The van der Waals surface area contributed by atoms with Crippen molar-refractivity contribution >= 4 is 0 Å². The first-order valence-electron chi connectivity index (χ1n) is 5.41. The Morgan fingerprint density at radius 3 is 2.61 bits per heavy atom. The lowest BCUT2D eigenvalue weighted by atomic mass is 10.2. The number of halogens is 2. The highest BCUT2D eigenvalue weighted by atomic mass is 19.2. The van der Waals surface area contributed by atoms with Crippen LogP contribution in [0.4, 0.5) is 8.78 Å². The van der Waals surface area contributed by atoms with Crippen LogP contribution in [0.2, 0.25) is 0 Å². The molecule has 5 heteroatoms. The second-order valence-electron chi connectivity index (χ2n) is 3.86. The van der Waals surface area contributed by atoms with Gasteiger partial charge in [0.1, 0.15) is 5.75 Å². The Morgan fingerprint density at radius 1 is 1.22 bits per heavy atom. The molecule has 1 aromatic heterocycles. The molecule has 0 unspecified atom stereocenters. The van der Waals surface area contributed by atoms with Gasteiger partial charge in [0.15, 0.2) is 11.6 Å². The number of hydrogen-bond acceptors (Lipinski definition) is 3. The third-order valence-corrected chi connectivity index (χ3v) is 2.37. The Bertz CT molecular complexity index is 541. The van der Waals surface area contributed by atoms with E-state index in [1.807, 2.05) is 0 Å². The molecule has 0 aliphatic rings. The van der Waals surface area contributed by atoms with Crippen LogP contribution in [0.15, 0.2) is 36.5 Å². The molecule has 0 aliphatic heterocycles. The number of nitrogens with zero attached hydrogens (tertiary/aromatic N) is 1. The SMILES string of the molecule is C[C@@H](N)c1ccc(Oc2cccc(F)c2F)cn1. The minimum absolute atomic E-state index is 0.176. The highest BCUT2D eigenvalue weighted by molar-refractivity contribution is 5.31. The summed E-state index contributed by atoms with van der Waals surface area (Å²) in [7, 11) is 0. The van der Waals surface area contributed by atoms with E-state index in [-0.39, 0.29) is 11.8 Å². The van der Waals surface area contributed by atoms with Crippen molar-refractivity contribution in [1.82, 2.24) is 4.98 Å². The van der Waals surface area contributed by atoms with Crippen molar-refractivity contribution < 1.29 is 13.5 Å². The summed E-state index contributed by atoms with van der Waals surface area (Å²) in [5, 5.41) is 0. The molecule has 2 rings (SSSR count). The standard InChI is InChI=1S/C13H12F2N2O/c1-8(16)11-6-5-9(7-17-11)18-12-4-2-3-10(14)13(12)15/h2-8H,16H2,1H3/t8-/m1/s1. The van der Waals surface area contributed by atoms with Gasteiger partial charge in [-0.05, 0) is 31.2 Å². The van der Waals surface area contributed by atoms with Crippen molar-refractivity contribution in [3.63, 3.8) is 0 Å². The van der Waals surface area contributed by atoms with Gasteiger partial charge >= 0.3 is 0 Å². The Hall–Kier alpha value is -2.01. The first-order chi connectivity index (χ1) is 8.58. The average molecular weight is 250 g/mol. The van der Waals surface area contributed by atoms with Gasteiger partial charge in [0.25, 0.3) is 0 Å². The average Bonchev–Trinajstić information content (AvgIpc) is 2.36. The quantitative estimate of drug-likeness (QED) is 0.910. The third-order valence-electron chi connectivity index (χ3n) is 2.37. The molecule has 0 amide bonds. The zero-order chi connectivity index (χ0) is 13.1. The predicted octanol–water partition coefficient (Wildman–Crippen LogP) is 3.17. The molecule has 1 aromatic carbocycles. The smallest absolute Gasteiger partial charge is 0.201 e. The van der Waals surface area contributed by atoms with E-state index in [4.69, 9.17) is 10.5 Å². The second-order valence-corrected chi connectivity index (χ2v) is 3.86. The fourth-order valence-electron chi connectivity index (χ4n) is 1.41. The number of benzene rings is 1. The van der Waals surface area contributed by atoms with E-state index in [0.29, 0.717) is 11.4 Å². The number of nitrogens with two attached hydrogens (primary N) is 1. The summed E-state index contributed by atoms with van der Waals surface area (Å²) in [6, 6.07) is 6.84. The van der Waals surface area contributed by atoms with Crippen LogP contribution in [0, 0.1) is 11.6 Å². The lowest BCUT2D eigenvalue weighted by molar-refractivity contribution is 0.414. The van der Waals surface area contributed by atoms with Crippen LogP contribution in [0.25, 0.3) is 0 Å². The van der Waals surface area contributed by atoms with Crippen LogP contribution < -0.4 is 10.5 Å². The zero-order valence-electron chi connectivity index (χ0n) is 9.73. The molecule has 0 radical (unpaired) electrons. The molecule has 1 atom stereocenters. The normalized spacial score (nSPS) is 12.2. The Kier molecular flexibility index (Phi) is 3.53. The van der Waals surface area contributed by atoms with Gasteiger partial charge in [-0.1, -0.05) is 6.07 Å². The van der Waals surface area contributed by atoms with Crippen molar-refractivity contribution in [3.8, 4) is 11.5 Å². The van der Waals surface area contributed by atoms with Crippen molar-refractivity contribution in [1.29, 1.82) is 0 Å². The van der Waals surface area contributed by atoms with Gasteiger partial charge in [-0.3, -0.25) is 4.98 Å². The number of hydrogen-bond donors (Lipinski definition) is 1. The molecular formula is C13H12F2N2O. The molecule has 1 heterocycles. The first kappa shape index (κ1) is 12.4. The van der Waals surface area contributed by atoms with Crippen molar-refractivity contribution in [2.75, 3.05) is 0 Å². The minimum atomic E-state index is -1.02. The van der Waals surface area contributed by atoms with E-state index in [1.165, 1.54) is 18.3 Å². The molecule has 0 fully saturated rings. The number of rotatable bonds is 3. The van der Waals surface area contributed by atoms with Gasteiger partial charge in [-0.15, -0.1) is 0 Å². The summed E-state index contributed by atoms with van der Waals surface area (Å²) >= 11 is 0. The van der Waals surface area contributed by atoms with Crippen LogP contribution in [0.3, 0.4) is 0 Å². The second kappa shape index (κ2) is 5.10. The first-order valence-corrected chi connectivity index (χ1v) is 5.41. The zero-order valence-corrected chi connectivity index (χ0v) is 9.73. The van der Waals surface area contributed by atoms with Crippen LogP contribution >= 0.6 is 0 Å². The third kappa shape index (κ3) is 2.62. The fraction of sp³-hybridized carbons (Fsp3) is 0.154. The predicted molar refractivity (Wildman–Crippen MR) is 63.3 cm³/mol. The summed E-state index contributed by atoms with van der Waals surface area (Å²) in [5.74, 6) is -1.82. The van der Waals surface area contributed by atoms with Gasteiger partial charge in [-0.2, -0.15) is 4.39 Å². The summed E-state index contributed by atoms with van der Waals surface area (Å²) in [6.45, 7) is 1.80. The summed E-state index contributed by atoms with van der Waals surface area (Å²) in [4.78, 5) is 4.06. The molecule has 2 aromatic rings. The molecule has 0 saturated heterocycles. The van der Waals surface area contributed by atoms with Crippen molar-refractivity contribution in [3.05, 3.63) is 53.9 Å². The lowest BCUT2D eigenvalue weighted by Gasteiger charge is -2.08. The van der Waals surface area contributed by atoms with Gasteiger partial charge in [0, 0.05) is 6.04 Å². The molecule has 0 saturated carbocycles. The number of aromatic nitrogens is 1. The summed E-state index contributed by atoms with van der Waals surface area (Å²) in [5.41, 5.74) is 6.34. The maximum atomic E-state index is 13.4. The molecule has 0 aliphatic carbocycles. The van der Waals surface area contributed by atoms with E-state index in [9.17, 15) is 8.78 Å². The maximum absolute atomic E-state index is 13.4. The van der Waals surface area contributed by atoms with E-state index < -0.39 is 11.6 Å². The van der Waals surface area contributed by atoms with Gasteiger partial charge in [0.2, 0.25) is 5.82 Å². The van der Waals surface area contributed by atoms with Gasteiger partial charge in [0.05, 0.1) is 11.9 Å². The largest absolute Gasteiger partial charge is 0.453 e. The molecule has 94 valence electrons. The fourth-order valence-corrected chi connectivity index (χ4v) is 1.41. The highest BCUT2D eigenvalue weighted by Gasteiger charge is 2.10. The Balaban J connectivity index is 2.21. The molecule has 0 bridgehead atoms. The van der Waals surface area contributed by atoms with E-state index in [2.05, 4.69) is 4.98 Å². The topological polar surface area (TPSA) is 48.1 Å². The van der Waals surface area contributed by atoms with Gasteiger partial charge in [-0.25, -0.2) is 4.39 Å². The van der Waals surface area contributed by atoms with Crippen molar-refractivity contribution in [2.24, 2.45) is 5.73 Å². The Labute approximate surface area is 103 Å².